The third-order valence-electron chi connectivity index (χ3n) is 4.10. The van der Waals surface area contributed by atoms with Crippen LogP contribution in [-0.2, 0) is 6.54 Å². The maximum Gasteiger partial charge on any atom is 0.123 e. The smallest absolute Gasteiger partial charge is 0.123 e. The number of nitrogens with zero attached hydrogens (tertiary/aromatic N) is 3. The molecule has 1 aliphatic heterocycles. The van der Waals surface area contributed by atoms with Crippen molar-refractivity contribution in [2.24, 2.45) is 0 Å². The number of rotatable bonds is 5. The van der Waals surface area contributed by atoms with Gasteiger partial charge >= 0.3 is 0 Å². The fourth-order valence-corrected chi connectivity index (χ4v) is 3.01. The topological polar surface area (TPSA) is 41.3 Å². The molecule has 0 amide bonds. The molecule has 0 unspecified atom stereocenters. The van der Waals surface area contributed by atoms with Crippen molar-refractivity contribution in [1.82, 2.24) is 14.7 Å². The number of benzene rings is 1. The Morgan fingerprint density at radius 3 is 3.05 bits per heavy atom. The number of likely N-dealkylation sites (tertiary alicyclic amines) is 1. The number of halogens is 1. The van der Waals surface area contributed by atoms with Crippen LogP contribution in [0.4, 0.5) is 4.39 Å². The van der Waals surface area contributed by atoms with Gasteiger partial charge in [-0.15, -0.1) is 0 Å². The first-order valence-corrected chi connectivity index (χ1v) is 7.37. The van der Waals surface area contributed by atoms with Gasteiger partial charge in [-0.25, -0.2) is 4.39 Å². The fourth-order valence-electron chi connectivity index (χ4n) is 3.01. The summed E-state index contributed by atoms with van der Waals surface area (Å²) in [4.78, 5) is 2.28. The Bertz CT molecular complexity index is 573. The summed E-state index contributed by atoms with van der Waals surface area (Å²) < 4.78 is 15.2. The van der Waals surface area contributed by atoms with Gasteiger partial charge < -0.3 is 5.11 Å². The number of hydrogen-bond donors (Lipinski definition) is 1. The van der Waals surface area contributed by atoms with Gasteiger partial charge in [-0.1, -0.05) is 12.1 Å². The van der Waals surface area contributed by atoms with E-state index >= 15 is 0 Å². The number of aliphatic hydroxyl groups excluding tert-OH is 1. The van der Waals surface area contributed by atoms with Gasteiger partial charge in [0.05, 0.1) is 12.6 Å². The summed E-state index contributed by atoms with van der Waals surface area (Å²) in [5, 5.41) is 14.6. The number of aromatic nitrogens is 2. The van der Waals surface area contributed by atoms with Crippen molar-refractivity contribution in [2.75, 3.05) is 13.1 Å². The monoisotopic (exact) mass is 289 g/mol. The van der Waals surface area contributed by atoms with Crippen LogP contribution in [0.1, 0.15) is 24.5 Å². The van der Waals surface area contributed by atoms with E-state index in [-0.39, 0.29) is 5.82 Å². The molecule has 1 aromatic heterocycles. The zero-order chi connectivity index (χ0) is 14.7. The van der Waals surface area contributed by atoms with Crippen molar-refractivity contribution < 1.29 is 9.50 Å². The second-order valence-corrected chi connectivity index (χ2v) is 5.59. The van der Waals surface area contributed by atoms with Crippen molar-refractivity contribution >= 4 is 0 Å². The summed E-state index contributed by atoms with van der Waals surface area (Å²) in [6.45, 7) is 2.34. The second kappa shape index (κ2) is 6.37. The Morgan fingerprint density at radius 2 is 2.29 bits per heavy atom. The highest BCUT2D eigenvalue weighted by Gasteiger charge is 2.27. The Kier molecular flexibility index (Phi) is 4.31. The Hall–Kier alpha value is -1.72. The van der Waals surface area contributed by atoms with E-state index in [1.165, 1.54) is 12.1 Å². The van der Waals surface area contributed by atoms with Gasteiger partial charge in [0.25, 0.3) is 0 Å². The van der Waals surface area contributed by atoms with Gasteiger partial charge in [0, 0.05) is 25.0 Å². The molecule has 0 spiro atoms. The van der Waals surface area contributed by atoms with Crippen LogP contribution in [0, 0.1) is 5.82 Å². The third-order valence-corrected chi connectivity index (χ3v) is 4.10. The lowest BCUT2D eigenvalue weighted by atomic mass is 10.1. The maximum absolute atomic E-state index is 13.2. The van der Waals surface area contributed by atoms with Gasteiger partial charge in [0.1, 0.15) is 5.82 Å². The molecule has 0 bridgehead atoms. The zero-order valence-corrected chi connectivity index (χ0v) is 11.9. The van der Waals surface area contributed by atoms with E-state index in [2.05, 4.69) is 10.00 Å². The molecule has 0 saturated carbocycles. The summed E-state index contributed by atoms with van der Waals surface area (Å²) in [6, 6.07) is 8.51. The normalized spacial score (nSPS) is 20.8. The lowest BCUT2D eigenvalue weighted by Gasteiger charge is -2.27. The van der Waals surface area contributed by atoms with Gasteiger partial charge in [-0.2, -0.15) is 5.10 Å². The summed E-state index contributed by atoms with van der Waals surface area (Å²) in [7, 11) is 0. The molecule has 2 heterocycles. The standard InChI is InChI=1S/C16H20FN3O/c17-14-5-1-4-13(10-14)16(21)12-19-8-2-6-15(19)11-20-9-3-7-18-20/h1,3-5,7,9-10,15-16,21H,2,6,8,11-12H2/t15-,16-/m0/s1. The highest BCUT2D eigenvalue weighted by atomic mass is 19.1. The molecule has 21 heavy (non-hydrogen) atoms. The van der Waals surface area contributed by atoms with Crippen LogP contribution in [0.25, 0.3) is 0 Å². The SMILES string of the molecule is O[C@@H](CN1CCC[C@H]1Cn1cccn1)c1cccc(F)c1. The molecule has 1 fully saturated rings. The van der Waals surface area contributed by atoms with Gasteiger partial charge in [0.15, 0.2) is 0 Å². The zero-order valence-electron chi connectivity index (χ0n) is 11.9. The molecule has 1 aromatic carbocycles. The van der Waals surface area contributed by atoms with E-state index < -0.39 is 6.10 Å². The largest absolute Gasteiger partial charge is 0.387 e. The van der Waals surface area contributed by atoms with Gasteiger partial charge in [0.2, 0.25) is 0 Å². The molecule has 112 valence electrons. The molecule has 2 aromatic rings. The molecule has 5 heteroatoms. The molecule has 3 rings (SSSR count). The molecule has 0 radical (unpaired) electrons. The van der Waals surface area contributed by atoms with Crippen molar-refractivity contribution in [2.45, 2.75) is 31.5 Å². The highest BCUT2D eigenvalue weighted by Crippen LogP contribution is 2.23. The molecular formula is C16H20FN3O. The third kappa shape index (κ3) is 3.49. The van der Waals surface area contributed by atoms with E-state index in [1.54, 1.807) is 18.3 Å². The second-order valence-electron chi connectivity index (χ2n) is 5.59. The summed E-state index contributed by atoms with van der Waals surface area (Å²) >= 11 is 0. The average Bonchev–Trinajstić information content (AvgIpc) is 3.12. The Balaban J connectivity index is 1.63. The lowest BCUT2D eigenvalue weighted by Crippen LogP contribution is -2.36. The van der Waals surface area contributed by atoms with E-state index in [0.29, 0.717) is 18.2 Å². The van der Waals surface area contributed by atoms with E-state index in [1.807, 2.05) is 16.9 Å². The molecule has 2 atom stereocenters. The minimum Gasteiger partial charge on any atom is -0.387 e. The van der Waals surface area contributed by atoms with Crippen molar-refractivity contribution in [3.05, 3.63) is 54.1 Å². The van der Waals surface area contributed by atoms with Crippen molar-refractivity contribution in [3.8, 4) is 0 Å². The van der Waals surface area contributed by atoms with Crippen LogP contribution < -0.4 is 0 Å². The minimum absolute atomic E-state index is 0.305. The van der Waals surface area contributed by atoms with Crippen LogP contribution in [0.5, 0.6) is 0 Å². The predicted molar refractivity (Wildman–Crippen MR) is 78.2 cm³/mol. The van der Waals surface area contributed by atoms with Crippen LogP contribution in [0.3, 0.4) is 0 Å². The fraction of sp³-hybridized carbons (Fsp3) is 0.438. The van der Waals surface area contributed by atoms with E-state index in [0.717, 1.165) is 25.9 Å². The highest BCUT2D eigenvalue weighted by molar-refractivity contribution is 5.19. The van der Waals surface area contributed by atoms with Crippen molar-refractivity contribution in [3.63, 3.8) is 0 Å². The van der Waals surface area contributed by atoms with Gasteiger partial charge in [-0.05, 0) is 43.1 Å². The van der Waals surface area contributed by atoms with Crippen LogP contribution >= 0.6 is 0 Å². The molecule has 1 saturated heterocycles. The van der Waals surface area contributed by atoms with Crippen LogP contribution in [-0.4, -0.2) is 38.9 Å². The minimum atomic E-state index is -0.654. The summed E-state index contributed by atoms with van der Waals surface area (Å²) in [5.74, 6) is -0.305. The number of aliphatic hydroxyl groups is 1. The maximum atomic E-state index is 13.2. The number of β-amino-alcohol motifs (C(OH)–C–C–N with tert-alkyl or cyclic N) is 1. The quantitative estimate of drug-likeness (QED) is 0.917. The molecule has 0 aliphatic carbocycles. The van der Waals surface area contributed by atoms with E-state index in [4.69, 9.17) is 0 Å². The first-order valence-electron chi connectivity index (χ1n) is 7.37. The van der Waals surface area contributed by atoms with Crippen molar-refractivity contribution in [1.29, 1.82) is 0 Å². The average molecular weight is 289 g/mol. The predicted octanol–water partition coefficient (Wildman–Crippen LogP) is 2.22. The van der Waals surface area contributed by atoms with Crippen LogP contribution in [0.2, 0.25) is 0 Å². The molecule has 1 N–H and O–H groups in total. The lowest BCUT2D eigenvalue weighted by molar-refractivity contribution is 0.100. The van der Waals surface area contributed by atoms with Gasteiger partial charge in [-0.3, -0.25) is 9.58 Å². The number of hydrogen-bond acceptors (Lipinski definition) is 3. The summed E-state index contributed by atoms with van der Waals surface area (Å²) in [5.41, 5.74) is 0.639. The molecular weight excluding hydrogens is 269 g/mol. The van der Waals surface area contributed by atoms with Crippen LogP contribution in [0.15, 0.2) is 42.7 Å². The first-order chi connectivity index (χ1) is 10.2. The Morgan fingerprint density at radius 1 is 1.38 bits per heavy atom. The first kappa shape index (κ1) is 14.2. The van der Waals surface area contributed by atoms with E-state index in [9.17, 15) is 9.50 Å². The molecule has 4 nitrogen and oxygen atoms in total. The molecule has 1 aliphatic rings. The summed E-state index contributed by atoms with van der Waals surface area (Å²) in [6.07, 6.45) is 5.32. The Labute approximate surface area is 123 Å².